The zero-order chi connectivity index (χ0) is 21.4. The van der Waals surface area contributed by atoms with E-state index in [0.717, 1.165) is 0 Å². The van der Waals surface area contributed by atoms with Crippen molar-refractivity contribution in [3.63, 3.8) is 0 Å². The maximum Gasteiger partial charge on any atom is 0.407 e. The van der Waals surface area contributed by atoms with Crippen molar-refractivity contribution in [1.82, 2.24) is 25.1 Å². The van der Waals surface area contributed by atoms with Crippen molar-refractivity contribution in [2.75, 3.05) is 39.3 Å². The molecule has 1 unspecified atom stereocenters. The van der Waals surface area contributed by atoms with E-state index in [2.05, 4.69) is 20.2 Å². The lowest BCUT2D eigenvalue weighted by molar-refractivity contribution is -0.153. The number of nitrogens with zero attached hydrogens (tertiary/aromatic N) is 3. The first-order chi connectivity index (χ1) is 15.0. The minimum absolute atomic E-state index is 0.0446. The molecule has 2 N–H and O–H groups in total. The highest BCUT2D eigenvalue weighted by molar-refractivity contribution is 5.81. The van der Waals surface area contributed by atoms with Crippen LogP contribution in [0.1, 0.15) is 18.7 Å². The molecule has 2 amide bonds. The summed E-state index contributed by atoms with van der Waals surface area (Å²) in [5.74, 6) is 0.532. The Morgan fingerprint density at radius 2 is 2.00 bits per heavy atom. The molecule has 1 spiro atoms. The summed E-state index contributed by atoms with van der Waals surface area (Å²) in [7, 11) is 0. The van der Waals surface area contributed by atoms with Crippen molar-refractivity contribution < 1.29 is 19.1 Å². The Morgan fingerprint density at radius 3 is 2.77 bits per heavy atom. The molecule has 4 heterocycles. The largest absolute Gasteiger partial charge is 0.441 e. The Kier molecular flexibility index (Phi) is 5.11. The lowest BCUT2D eigenvalue weighted by Crippen LogP contribution is -2.55. The van der Waals surface area contributed by atoms with Gasteiger partial charge in [-0.3, -0.25) is 14.5 Å². The molecular weight excluding hydrogens is 402 g/mol. The summed E-state index contributed by atoms with van der Waals surface area (Å²) in [4.78, 5) is 48.0. The van der Waals surface area contributed by atoms with E-state index in [4.69, 9.17) is 9.47 Å². The van der Waals surface area contributed by atoms with E-state index in [1.54, 1.807) is 11.0 Å². The summed E-state index contributed by atoms with van der Waals surface area (Å²) in [6.45, 7) is 3.54. The van der Waals surface area contributed by atoms with Crippen LogP contribution in [-0.4, -0.2) is 82.8 Å². The highest BCUT2D eigenvalue weighted by atomic mass is 16.6. The van der Waals surface area contributed by atoms with E-state index in [0.29, 0.717) is 75.4 Å². The van der Waals surface area contributed by atoms with E-state index in [9.17, 15) is 14.4 Å². The Hall–Kier alpha value is -2.98. The first kappa shape index (κ1) is 20.0. The van der Waals surface area contributed by atoms with Gasteiger partial charge >= 0.3 is 6.09 Å². The van der Waals surface area contributed by atoms with Gasteiger partial charge in [-0.2, -0.15) is 0 Å². The van der Waals surface area contributed by atoms with Gasteiger partial charge in [0.2, 0.25) is 0 Å². The monoisotopic (exact) mass is 427 g/mol. The number of H-pyrrole nitrogens is 1. The first-order valence-electron chi connectivity index (χ1n) is 10.6. The molecule has 3 aliphatic heterocycles. The number of piperidine rings is 1. The van der Waals surface area contributed by atoms with Crippen molar-refractivity contribution in [3.05, 3.63) is 40.4 Å². The number of carbonyl (C=O) groups is 2. The maximum atomic E-state index is 13.0. The Labute approximate surface area is 178 Å². The molecule has 2 aromatic rings. The lowest BCUT2D eigenvalue weighted by atomic mass is 9.91. The van der Waals surface area contributed by atoms with E-state index in [1.807, 2.05) is 18.2 Å². The molecule has 0 aliphatic carbocycles. The summed E-state index contributed by atoms with van der Waals surface area (Å²) in [6, 6.07) is 7.24. The second kappa shape index (κ2) is 7.93. The molecule has 10 heteroatoms. The van der Waals surface area contributed by atoms with Crippen LogP contribution in [0.15, 0.2) is 29.1 Å². The van der Waals surface area contributed by atoms with Crippen LogP contribution in [0.2, 0.25) is 0 Å². The Bertz CT molecular complexity index is 1060. The highest BCUT2D eigenvalue weighted by Crippen LogP contribution is 2.29. The number of benzene rings is 1. The van der Waals surface area contributed by atoms with Gasteiger partial charge in [-0.05, 0) is 12.1 Å². The van der Waals surface area contributed by atoms with Crippen LogP contribution in [-0.2, 0) is 20.8 Å². The first-order valence-corrected chi connectivity index (χ1v) is 10.6. The number of likely N-dealkylation sites (tertiary alicyclic amines) is 1. The molecule has 1 atom stereocenters. The van der Waals surface area contributed by atoms with Crippen LogP contribution in [0.5, 0.6) is 0 Å². The summed E-state index contributed by atoms with van der Waals surface area (Å²) in [6.07, 6.45) is 0.303. The zero-order valence-electron chi connectivity index (χ0n) is 17.1. The minimum Gasteiger partial charge on any atom is -0.441 e. The van der Waals surface area contributed by atoms with Gasteiger partial charge in [0, 0.05) is 39.0 Å². The van der Waals surface area contributed by atoms with Crippen LogP contribution in [0.4, 0.5) is 4.79 Å². The molecule has 3 saturated heterocycles. The zero-order valence-corrected chi connectivity index (χ0v) is 17.1. The van der Waals surface area contributed by atoms with Crippen LogP contribution >= 0.6 is 0 Å². The fourth-order valence-corrected chi connectivity index (χ4v) is 4.54. The molecular formula is C21H25N5O5. The van der Waals surface area contributed by atoms with Crippen molar-refractivity contribution >= 4 is 22.9 Å². The molecule has 0 radical (unpaired) electrons. The number of carbonyl (C=O) groups excluding carboxylic acids is 2. The molecule has 1 aromatic heterocycles. The van der Waals surface area contributed by atoms with Crippen molar-refractivity contribution in [2.24, 2.45) is 0 Å². The number of rotatable bonds is 3. The number of nitrogens with one attached hydrogen (secondary N) is 2. The third-order valence-electron chi connectivity index (χ3n) is 6.31. The van der Waals surface area contributed by atoms with Gasteiger partial charge in [0.25, 0.3) is 11.5 Å². The molecule has 5 rings (SSSR count). The number of ether oxygens (including phenoxy) is 2. The normalized spacial score (nSPS) is 23.7. The maximum absolute atomic E-state index is 13.0. The smallest absolute Gasteiger partial charge is 0.407 e. The van der Waals surface area contributed by atoms with Crippen molar-refractivity contribution in [2.45, 2.75) is 31.1 Å². The molecule has 10 nitrogen and oxygen atoms in total. The minimum atomic E-state index is -0.556. The molecule has 0 saturated carbocycles. The average Bonchev–Trinajstić information content (AvgIpc) is 3.14. The van der Waals surface area contributed by atoms with E-state index in [-0.39, 0.29) is 17.6 Å². The number of hydrogen-bond donors (Lipinski definition) is 2. The number of hydrogen-bond acceptors (Lipinski definition) is 7. The van der Waals surface area contributed by atoms with E-state index in [1.165, 1.54) is 0 Å². The fraction of sp³-hybridized carbons (Fsp3) is 0.524. The third-order valence-corrected chi connectivity index (χ3v) is 6.31. The van der Waals surface area contributed by atoms with Gasteiger partial charge in [-0.15, -0.1) is 0 Å². The summed E-state index contributed by atoms with van der Waals surface area (Å²) in [5.41, 5.74) is 0.0123. The van der Waals surface area contributed by atoms with Gasteiger partial charge in [0.15, 0.2) is 0 Å². The molecule has 0 bridgehead atoms. The van der Waals surface area contributed by atoms with Gasteiger partial charge in [0.05, 0.1) is 30.6 Å². The van der Waals surface area contributed by atoms with Gasteiger partial charge in [-0.1, -0.05) is 12.1 Å². The van der Waals surface area contributed by atoms with Crippen LogP contribution in [0.25, 0.3) is 10.9 Å². The molecule has 3 fully saturated rings. The number of amides is 2. The molecule has 1 aromatic carbocycles. The number of morpholine rings is 1. The molecule has 31 heavy (non-hydrogen) atoms. The summed E-state index contributed by atoms with van der Waals surface area (Å²) in [5, 5.41) is 3.27. The summed E-state index contributed by atoms with van der Waals surface area (Å²) < 4.78 is 11.2. The Morgan fingerprint density at radius 1 is 1.19 bits per heavy atom. The summed E-state index contributed by atoms with van der Waals surface area (Å²) >= 11 is 0. The second-order valence-electron chi connectivity index (χ2n) is 8.38. The third kappa shape index (κ3) is 4.00. The Balaban J connectivity index is 1.21. The predicted molar refractivity (Wildman–Crippen MR) is 110 cm³/mol. The van der Waals surface area contributed by atoms with Gasteiger partial charge in [-0.25, -0.2) is 9.78 Å². The number of fused-ring (bicyclic) bond motifs is 1. The van der Waals surface area contributed by atoms with E-state index >= 15 is 0 Å². The average molecular weight is 427 g/mol. The van der Waals surface area contributed by atoms with Gasteiger partial charge in [0.1, 0.15) is 17.5 Å². The van der Waals surface area contributed by atoms with Crippen LogP contribution in [0, 0.1) is 0 Å². The predicted octanol–water partition coefficient (Wildman–Crippen LogP) is 0.225. The number of aromatic nitrogens is 2. The molecule has 3 aliphatic rings. The van der Waals surface area contributed by atoms with Gasteiger partial charge < -0.3 is 24.7 Å². The SMILES string of the molecule is O=C1NCC2(CCN(C(=O)C3CN(Cc4nc5ccccc5c(=O)[nH]4)CCO3)CC2)O1. The number of aromatic amines is 1. The van der Waals surface area contributed by atoms with Crippen LogP contribution < -0.4 is 10.9 Å². The number of para-hydroxylation sites is 1. The van der Waals surface area contributed by atoms with E-state index < -0.39 is 11.7 Å². The quantitative estimate of drug-likeness (QED) is 0.720. The van der Waals surface area contributed by atoms with Crippen molar-refractivity contribution in [3.8, 4) is 0 Å². The standard InChI is InChI=1S/C21H25N5O5/c27-18-14-3-1-2-4-15(14)23-17(24-18)12-25-9-10-30-16(11-25)19(28)26-7-5-21(6-8-26)13-22-20(29)31-21/h1-4,16H,5-13H2,(H,22,29)(H,23,24,27). The van der Waals surface area contributed by atoms with Crippen LogP contribution in [0.3, 0.4) is 0 Å². The van der Waals surface area contributed by atoms with Crippen molar-refractivity contribution in [1.29, 1.82) is 0 Å². The highest BCUT2D eigenvalue weighted by Gasteiger charge is 2.44. The lowest BCUT2D eigenvalue weighted by Gasteiger charge is -2.40. The second-order valence-corrected chi connectivity index (χ2v) is 8.38. The topological polar surface area (TPSA) is 117 Å². The molecule has 164 valence electrons. The fourth-order valence-electron chi connectivity index (χ4n) is 4.54. The number of alkyl carbamates (subject to hydrolysis) is 1.